The second kappa shape index (κ2) is 8.78. The number of pyridine rings is 1. The molecule has 2 aliphatic heterocycles. The van der Waals surface area contributed by atoms with Crippen LogP contribution in [0.4, 0.5) is 11.5 Å². The van der Waals surface area contributed by atoms with Crippen LogP contribution < -0.4 is 10.2 Å². The number of sulfonamides is 1. The first-order valence-corrected chi connectivity index (χ1v) is 13.4. The van der Waals surface area contributed by atoms with Crippen molar-refractivity contribution in [2.24, 2.45) is 11.8 Å². The minimum Gasteiger partial charge on any atom is -0.310 e. The van der Waals surface area contributed by atoms with E-state index in [9.17, 15) is 18.0 Å². The Bertz CT molecular complexity index is 1220. The number of hydrogen-bond acceptors (Lipinski definition) is 5. The van der Waals surface area contributed by atoms with Gasteiger partial charge in [0.25, 0.3) is 0 Å². The highest BCUT2D eigenvalue weighted by Crippen LogP contribution is 2.40. The van der Waals surface area contributed by atoms with Crippen LogP contribution in [0.2, 0.25) is 0 Å². The van der Waals surface area contributed by atoms with Gasteiger partial charge in [-0.25, -0.2) is 13.4 Å². The third-order valence-corrected chi connectivity index (χ3v) is 8.85. The molecule has 2 amide bonds. The van der Waals surface area contributed by atoms with Gasteiger partial charge in [-0.05, 0) is 81.3 Å². The van der Waals surface area contributed by atoms with Gasteiger partial charge in [0.2, 0.25) is 21.8 Å². The lowest BCUT2D eigenvalue weighted by Gasteiger charge is -2.31. The fourth-order valence-electron chi connectivity index (χ4n) is 4.92. The zero-order valence-electron chi connectivity index (χ0n) is 19.5. The van der Waals surface area contributed by atoms with Gasteiger partial charge >= 0.3 is 0 Å². The summed E-state index contributed by atoms with van der Waals surface area (Å²) >= 11 is 0. The number of carbonyl (C=O) groups excluding carboxylic acids is 2. The molecule has 2 atom stereocenters. The number of amides is 2. The van der Waals surface area contributed by atoms with Crippen LogP contribution in [-0.4, -0.2) is 48.7 Å². The maximum absolute atomic E-state index is 13.5. The molecule has 0 radical (unpaired) electrons. The minimum atomic E-state index is -3.75. The zero-order valence-corrected chi connectivity index (χ0v) is 20.3. The molecule has 0 bridgehead atoms. The molecule has 5 rings (SSSR count). The number of aromatic nitrogens is 1. The molecule has 1 saturated carbocycles. The van der Waals surface area contributed by atoms with Gasteiger partial charge in [0, 0.05) is 36.9 Å². The van der Waals surface area contributed by atoms with E-state index in [0.717, 1.165) is 29.7 Å². The van der Waals surface area contributed by atoms with Gasteiger partial charge in [-0.3, -0.25) is 9.59 Å². The number of benzene rings is 1. The molecule has 3 heterocycles. The lowest BCUT2D eigenvalue weighted by molar-refractivity contribution is -0.121. The second-order valence-electron chi connectivity index (χ2n) is 9.74. The van der Waals surface area contributed by atoms with E-state index in [-0.39, 0.29) is 35.2 Å². The summed E-state index contributed by atoms with van der Waals surface area (Å²) in [5, 5.41) is 2.81. The molecule has 1 aliphatic carbocycles. The van der Waals surface area contributed by atoms with Gasteiger partial charge in [-0.15, -0.1) is 0 Å². The number of fused-ring (bicyclic) bond motifs is 1. The van der Waals surface area contributed by atoms with E-state index in [1.54, 1.807) is 30.5 Å². The van der Waals surface area contributed by atoms with E-state index >= 15 is 0 Å². The Morgan fingerprint density at radius 1 is 1.09 bits per heavy atom. The Balaban J connectivity index is 1.31. The summed E-state index contributed by atoms with van der Waals surface area (Å²) in [6, 6.07) is 8.71. The fourth-order valence-corrected chi connectivity index (χ4v) is 6.50. The number of rotatable bonds is 5. The monoisotopic (exact) mass is 482 g/mol. The quantitative estimate of drug-likeness (QED) is 0.706. The first kappa shape index (κ1) is 23.0. The summed E-state index contributed by atoms with van der Waals surface area (Å²) in [6.45, 7) is 4.45. The van der Waals surface area contributed by atoms with E-state index in [4.69, 9.17) is 0 Å². The summed E-state index contributed by atoms with van der Waals surface area (Å²) in [6.07, 6.45) is 5.45. The van der Waals surface area contributed by atoms with Crippen molar-refractivity contribution >= 4 is 33.3 Å². The number of piperidine rings is 1. The SMILES string of the molecule is Cc1ccc(NC(=O)[C@H]2CCCN(S(=O)(=O)c3ccc4c(c3)C[C@H](C)N4C(=O)C3CC3)C2)nc1. The normalized spacial score (nSPS) is 22.9. The smallest absolute Gasteiger partial charge is 0.243 e. The van der Waals surface area contributed by atoms with Gasteiger partial charge in [-0.1, -0.05) is 6.07 Å². The summed E-state index contributed by atoms with van der Waals surface area (Å²) < 4.78 is 28.3. The predicted molar refractivity (Wildman–Crippen MR) is 129 cm³/mol. The average molecular weight is 483 g/mol. The molecule has 0 unspecified atom stereocenters. The molecule has 1 N–H and O–H groups in total. The molecule has 8 nitrogen and oxygen atoms in total. The lowest BCUT2D eigenvalue weighted by atomic mass is 9.99. The Kier molecular flexibility index (Phi) is 5.93. The summed E-state index contributed by atoms with van der Waals surface area (Å²) in [7, 11) is -3.75. The molecule has 1 saturated heterocycles. The van der Waals surface area contributed by atoms with Gasteiger partial charge < -0.3 is 10.2 Å². The molecule has 34 heavy (non-hydrogen) atoms. The predicted octanol–water partition coefficient (Wildman–Crippen LogP) is 3.12. The average Bonchev–Trinajstić information content (AvgIpc) is 3.62. The van der Waals surface area contributed by atoms with Crippen molar-refractivity contribution in [1.82, 2.24) is 9.29 Å². The Morgan fingerprint density at radius 2 is 1.88 bits per heavy atom. The van der Waals surface area contributed by atoms with E-state index in [0.29, 0.717) is 31.6 Å². The van der Waals surface area contributed by atoms with Gasteiger partial charge in [0.15, 0.2) is 0 Å². The fraction of sp³-hybridized carbons (Fsp3) is 0.480. The largest absolute Gasteiger partial charge is 0.310 e. The van der Waals surface area contributed by atoms with Crippen LogP contribution in [0.5, 0.6) is 0 Å². The van der Waals surface area contributed by atoms with E-state index < -0.39 is 15.9 Å². The van der Waals surface area contributed by atoms with E-state index in [1.165, 1.54) is 4.31 Å². The molecular formula is C25H30N4O4S. The number of nitrogens with one attached hydrogen (secondary N) is 1. The van der Waals surface area contributed by atoms with Crippen molar-refractivity contribution in [3.05, 3.63) is 47.7 Å². The van der Waals surface area contributed by atoms with Crippen molar-refractivity contribution in [2.75, 3.05) is 23.3 Å². The number of anilines is 2. The highest BCUT2D eigenvalue weighted by molar-refractivity contribution is 7.89. The maximum Gasteiger partial charge on any atom is 0.243 e. The molecule has 3 aliphatic rings. The standard InChI is InChI=1S/C25H30N4O4S/c1-16-5-10-23(26-14-16)27-24(30)19-4-3-11-28(15-19)34(32,33)21-8-9-22-20(13-21)12-17(2)29(22)25(31)18-6-7-18/h5,8-10,13-14,17-19H,3-4,6-7,11-12,15H2,1-2H3,(H,26,27,30)/t17-,19-/m0/s1. The second-order valence-corrected chi connectivity index (χ2v) is 11.7. The molecule has 2 fully saturated rings. The van der Waals surface area contributed by atoms with Crippen LogP contribution in [0.15, 0.2) is 41.4 Å². The van der Waals surface area contributed by atoms with Crippen LogP contribution in [-0.2, 0) is 26.0 Å². The van der Waals surface area contributed by atoms with Gasteiger partial charge in [0.05, 0.1) is 10.8 Å². The first-order valence-electron chi connectivity index (χ1n) is 11.9. The van der Waals surface area contributed by atoms with Crippen molar-refractivity contribution in [3.8, 4) is 0 Å². The zero-order chi connectivity index (χ0) is 24.0. The third kappa shape index (κ3) is 4.34. The molecule has 2 aromatic rings. The van der Waals surface area contributed by atoms with E-state index in [2.05, 4.69) is 10.3 Å². The maximum atomic E-state index is 13.5. The number of nitrogens with zero attached hydrogens (tertiary/aromatic N) is 3. The topological polar surface area (TPSA) is 99.7 Å². The highest BCUT2D eigenvalue weighted by atomic mass is 32.2. The lowest BCUT2D eigenvalue weighted by Crippen LogP contribution is -2.43. The third-order valence-electron chi connectivity index (χ3n) is 6.99. The van der Waals surface area contributed by atoms with Crippen LogP contribution in [0, 0.1) is 18.8 Å². The van der Waals surface area contributed by atoms with Crippen LogP contribution in [0.1, 0.15) is 43.7 Å². The molecule has 9 heteroatoms. The van der Waals surface area contributed by atoms with Gasteiger partial charge in [-0.2, -0.15) is 4.31 Å². The van der Waals surface area contributed by atoms with Gasteiger partial charge in [0.1, 0.15) is 5.82 Å². The van der Waals surface area contributed by atoms with Crippen molar-refractivity contribution in [2.45, 2.75) is 56.9 Å². The van der Waals surface area contributed by atoms with Crippen LogP contribution >= 0.6 is 0 Å². The van der Waals surface area contributed by atoms with Crippen molar-refractivity contribution < 1.29 is 18.0 Å². The molecule has 180 valence electrons. The first-order chi connectivity index (χ1) is 16.2. The summed E-state index contributed by atoms with van der Waals surface area (Å²) in [4.78, 5) is 31.8. The minimum absolute atomic E-state index is 0.0273. The highest BCUT2D eigenvalue weighted by Gasteiger charge is 2.40. The summed E-state index contributed by atoms with van der Waals surface area (Å²) in [5.41, 5.74) is 2.71. The van der Waals surface area contributed by atoms with Crippen molar-refractivity contribution in [3.63, 3.8) is 0 Å². The molecule has 0 spiro atoms. The molecular weight excluding hydrogens is 452 g/mol. The number of hydrogen-bond donors (Lipinski definition) is 1. The number of aryl methyl sites for hydroxylation is 1. The van der Waals surface area contributed by atoms with Crippen molar-refractivity contribution in [1.29, 1.82) is 0 Å². The molecule has 1 aromatic carbocycles. The Labute approximate surface area is 200 Å². The van der Waals surface area contributed by atoms with E-state index in [1.807, 2.05) is 24.8 Å². The molecule has 1 aromatic heterocycles. The summed E-state index contributed by atoms with van der Waals surface area (Å²) in [5.74, 6) is 0.0766. The van der Waals surface area contributed by atoms with Crippen LogP contribution in [0.3, 0.4) is 0 Å². The number of carbonyl (C=O) groups is 2. The Hall–Kier alpha value is -2.78. The van der Waals surface area contributed by atoms with Crippen LogP contribution in [0.25, 0.3) is 0 Å². The Morgan fingerprint density at radius 3 is 2.59 bits per heavy atom.